The van der Waals surface area contributed by atoms with Crippen molar-refractivity contribution in [2.75, 3.05) is 13.7 Å². The van der Waals surface area contributed by atoms with E-state index in [0.29, 0.717) is 0 Å². The molecule has 0 aliphatic carbocycles. The lowest BCUT2D eigenvalue weighted by Crippen LogP contribution is -2.57. The van der Waals surface area contributed by atoms with Gasteiger partial charge >= 0.3 is 12.1 Å². The number of aliphatic carboxylic acids is 1. The quantitative estimate of drug-likeness (QED) is 0.928. The predicted octanol–water partition coefficient (Wildman–Crippen LogP) is 2.49. The van der Waals surface area contributed by atoms with E-state index in [1.165, 1.54) is 18.2 Å². The first-order chi connectivity index (χ1) is 9.32. The molecule has 1 atom stereocenters. The number of carbonyl (C=O) groups is 1. The maximum Gasteiger partial charge on any atom is 0.435 e. The molecule has 0 aromatic heterocycles. The van der Waals surface area contributed by atoms with Gasteiger partial charge in [-0.3, -0.25) is 0 Å². The fourth-order valence-corrected chi connectivity index (χ4v) is 2.04. The van der Waals surface area contributed by atoms with Crippen LogP contribution in [0.1, 0.15) is 5.56 Å². The lowest BCUT2D eigenvalue weighted by molar-refractivity contribution is -0.247. The summed E-state index contributed by atoms with van der Waals surface area (Å²) in [7, 11) is 1.05. The maximum atomic E-state index is 13.4. The number of carboxylic acid groups (broad SMARTS) is 1. The van der Waals surface area contributed by atoms with Crippen molar-refractivity contribution in [2.45, 2.75) is 11.8 Å². The molecular formula is C13H11F3O4. The molecule has 7 heteroatoms. The number of alkyl halides is 3. The Bertz CT molecular complexity index is 565. The molecule has 1 aromatic rings. The molecule has 20 heavy (non-hydrogen) atoms. The molecule has 0 fully saturated rings. The van der Waals surface area contributed by atoms with Gasteiger partial charge in [-0.2, -0.15) is 13.2 Å². The van der Waals surface area contributed by atoms with Gasteiger partial charge in [0.25, 0.3) is 5.60 Å². The van der Waals surface area contributed by atoms with E-state index in [4.69, 9.17) is 9.84 Å². The zero-order chi connectivity index (χ0) is 15.0. The Morgan fingerprint density at radius 3 is 2.60 bits per heavy atom. The molecule has 108 valence electrons. The van der Waals surface area contributed by atoms with Crippen molar-refractivity contribution in [3.8, 4) is 5.75 Å². The number of ether oxygens (including phenoxy) is 2. The summed E-state index contributed by atoms with van der Waals surface area (Å²) in [5.74, 6) is -1.74. The monoisotopic (exact) mass is 288 g/mol. The summed E-state index contributed by atoms with van der Waals surface area (Å²) in [6.45, 7) is -0.942. The van der Waals surface area contributed by atoms with Crippen LogP contribution in [0.5, 0.6) is 5.75 Å². The Morgan fingerprint density at radius 2 is 2.05 bits per heavy atom. The van der Waals surface area contributed by atoms with Crippen LogP contribution in [-0.2, 0) is 9.53 Å². The fourth-order valence-electron chi connectivity index (χ4n) is 2.04. The van der Waals surface area contributed by atoms with Crippen LogP contribution in [0.15, 0.2) is 29.8 Å². The third kappa shape index (κ3) is 2.14. The van der Waals surface area contributed by atoms with E-state index in [9.17, 15) is 18.0 Å². The fraction of sp³-hybridized carbons (Fsp3) is 0.308. The van der Waals surface area contributed by atoms with Gasteiger partial charge in [-0.05, 0) is 12.1 Å². The number of carboxylic acids is 1. The van der Waals surface area contributed by atoms with Gasteiger partial charge in [-0.25, -0.2) is 4.79 Å². The van der Waals surface area contributed by atoms with E-state index in [1.807, 2.05) is 0 Å². The largest absolute Gasteiger partial charge is 0.478 e. The van der Waals surface area contributed by atoms with Crippen molar-refractivity contribution in [3.63, 3.8) is 0 Å². The molecule has 1 heterocycles. The van der Waals surface area contributed by atoms with Crippen LogP contribution in [0.3, 0.4) is 0 Å². The SMILES string of the molecule is COCC1(C(F)(F)F)Oc2ccccc2C=C1C(=O)O. The highest BCUT2D eigenvalue weighted by Gasteiger charge is 2.63. The smallest absolute Gasteiger partial charge is 0.435 e. The minimum absolute atomic E-state index is 0.0353. The van der Waals surface area contributed by atoms with Gasteiger partial charge in [0.05, 0.1) is 12.2 Å². The van der Waals surface area contributed by atoms with Gasteiger partial charge in [0, 0.05) is 12.7 Å². The Kier molecular flexibility index (Phi) is 3.47. The molecule has 1 aromatic carbocycles. The Balaban J connectivity index is 2.66. The third-order valence-electron chi connectivity index (χ3n) is 2.97. The van der Waals surface area contributed by atoms with Gasteiger partial charge in [0.15, 0.2) is 0 Å². The van der Waals surface area contributed by atoms with Crippen molar-refractivity contribution >= 4 is 12.0 Å². The first-order valence-electron chi connectivity index (χ1n) is 5.61. The van der Waals surface area contributed by atoms with Crippen molar-refractivity contribution in [2.24, 2.45) is 0 Å². The van der Waals surface area contributed by atoms with Gasteiger partial charge in [-0.15, -0.1) is 0 Å². The number of hydrogen-bond donors (Lipinski definition) is 1. The lowest BCUT2D eigenvalue weighted by atomic mass is 9.88. The number of hydrogen-bond acceptors (Lipinski definition) is 3. The summed E-state index contributed by atoms with van der Waals surface area (Å²) >= 11 is 0. The summed E-state index contributed by atoms with van der Waals surface area (Å²) in [6, 6.07) is 5.91. The molecule has 1 N–H and O–H groups in total. The molecule has 0 saturated heterocycles. The number of fused-ring (bicyclic) bond motifs is 1. The Labute approximate surface area is 112 Å². The highest BCUT2D eigenvalue weighted by atomic mass is 19.4. The van der Waals surface area contributed by atoms with Crippen molar-refractivity contribution < 1.29 is 32.5 Å². The van der Waals surface area contributed by atoms with Gasteiger partial charge in [0.2, 0.25) is 0 Å². The average molecular weight is 288 g/mol. The summed E-state index contributed by atoms with van der Waals surface area (Å²) in [6.07, 6.45) is -3.96. The van der Waals surface area contributed by atoms with Gasteiger partial charge in [0.1, 0.15) is 5.75 Å². The van der Waals surface area contributed by atoms with Crippen LogP contribution < -0.4 is 4.74 Å². The Morgan fingerprint density at radius 1 is 1.40 bits per heavy atom. The number of halogens is 3. The molecule has 0 amide bonds. The second kappa shape index (κ2) is 4.82. The minimum atomic E-state index is -4.93. The van der Waals surface area contributed by atoms with E-state index in [2.05, 4.69) is 4.74 Å². The second-order valence-corrected chi connectivity index (χ2v) is 4.26. The molecule has 0 spiro atoms. The van der Waals surface area contributed by atoms with Gasteiger partial charge < -0.3 is 14.6 Å². The normalized spacial score (nSPS) is 21.7. The standard InChI is InChI=1S/C13H11F3O4/c1-19-7-12(13(14,15)16)9(11(17)18)6-8-4-2-3-5-10(8)20-12/h2-6H,7H2,1H3,(H,17,18). The summed E-state index contributed by atoms with van der Waals surface area (Å²) < 4.78 is 49.7. The van der Waals surface area contributed by atoms with Crippen LogP contribution in [0.4, 0.5) is 13.2 Å². The molecule has 1 aliphatic rings. The molecule has 0 radical (unpaired) electrons. The van der Waals surface area contributed by atoms with Crippen molar-refractivity contribution in [1.82, 2.24) is 0 Å². The van der Waals surface area contributed by atoms with E-state index >= 15 is 0 Å². The summed E-state index contributed by atoms with van der Waals surface area (Å²) in [4.78, 5) is 11.2. The van der Waals surface area contributed by atoms with Gasteiger partial charge in [-0.1, -0.05) is 18.2 Å². The Hall–Kier alpha value is -2.02. The topological polar surface area (TPSA) is 55.8 Å². The molecule has 2 rings (SSSR count). The minimum Gasteiger partial charge on any atom is -0.478 e. The molecule has 1 aliphatic heterocycles. The number of methoxy groups -OCH3 is 1. The molecule has 0 bridgehead atoms. The van der Waals surface area contributed by atoms with Crippen LogP contribution in [0.25, 0.3) is 6.08 Å². The number of para-hydroxylation sites is 1. The second-order valence-electron chi connectivity index (χ2n) is 4.26. The number of benzene rings is 1. The van der Waals surface area contributed by atoms with E-state index in [-0.39, 0.29) is 11.3 Å². The summed E-state index contributed by atoms with van der Waals surface area (Å²) in [5.41, 5.74) is -3.63. The summed E-state index contributed by atoms with van der Waals surface area (Å²) in [5, 5.41) is 9.09. The zero-order valence-electron chi connectivity index (χ0n) is 10.4. The lowest BCUT2D eigenvalue weighted by Gasteiger charge is -2.38. The highest BCUT2D eigenvalue weighted by molar-refractivity contribution is 5.96. The zero-order valence-corrected chi connectivity index (χ0v) is 10.4. The molecule has 1 unspecified atom stereocenters. The maximum absolute atomic E-state index is 13.4. The first-order valence-corrected chi connectivity index (χ1v) is 5.61. The van der Waals surface area contributed by atoms with Crippen LogP contribution in [-0.4, -0.2) is 36.6 Å². The highest BCUT2D eigenvalue weighted by Crippen LogP contribution is 2.45. The predicted molar refractivity (Wildman–Crippen MR) is 63.3 cm³/mol. The van der Waals surface area contributed by atoms with E-state index in [1.54, 1.807) is 6.07 Å². The average Bonchev–Trinajstić information content (AvgIpc) is 2.36. The molecular weight excluding hydrogens is 277 g/mol. The van der Waals surface area contributed by atoms with E-state index < -0.39 is 29.9 Å². The van der Waals surface area contributed by atoms with Crippen molar-refractivity contribution in [1.29, 1.82) is 0 Å². The number of rotatable bonds is 3. The van der Waals surface area contributed by atoms with E-state index in [0.717, 1.165) is 13.2 Å². The molecule has 4 nitrogen and oxygen atoms in total. The molecule has 0 saturated carbocycles. The third-order valence-corrected chi connectivity index (χ3v) is 2.97. The van der Waals surface area contributed by atoms with Crippen LogP contribution >= 0.6 is 0 Å². The van der Waals surface area contributed by atoms with Crippen LogP contribution in [0, 0.1) is 0 Å². The first kappa shape index (κ1) is 14.4. The van der Waals surface area contributed by atoms with Crippen molar-refractivity contribution in [3.05, 3.63) is 35.4 Å². The van der Waals surface area contributed by atoms with Crippen LogP contribution in [0.2, 0.25) is 0 Å².